The van der Waals surface area contributed by atoms with Crippen molar-refractivity contribution in [3.8, 4) is 0 Å². The van der Waals surface area contributed by atoms with Gasteiger partial charge in [0.2, 0.25) is 0 Å². The van der Waals surface area contributed by atoms with E-state index in [0.29, 0.717) is 12.3 Å². The van der Waals surface area contributed by atoms with Gasteiger partial charge in [-0.2, -0.15) is 0 Å². The van der Waals surface area contributed by atoms with E-state index >= 15 is 0 Å². The maximum atomic E-state index is 5.52. The molecule has 0 fully saturated rings. The van der Waals surface area contributed by atoms with Crippen LogP contribution < -0.4 is 5.73 Å². The van der Waals surface area contributed by atoms with Gasteiger partial charge in [-0.3, -0.25) is 0 Å². The average Bonchev–Trinajstić information content (AvgIpc) is 2.53. The summed E-state index contributed by atoms with van der Waals surface area (Å²) in [6, 6.07) is 7.92. The largest absolute Gasteiger partial charge is 0.386 e. The molecular weight excluding hydrogens is 232 g/mol. The van der Waals surface area contributed by atoms with Crippen molar-refractivity contribution >= 4 is 21.8 Å². The Morgan fingerprint density at radius 2 is 2.23 bits per heavy atom. The van der Waals surface area contributed by atoms with Gasteiger partial charge in [-0.15, -0.1) is 0 Å². The van der Waals surface area contributed by atoms with Crippen LogP contribution in [0.4, 0.5) is 0 Å². The summed E-state index contributed by atoms with van der Waals surface area (Å²) in [4.78, 5) is 5.17. The first-order valence-corrected chi connectivity index (χ1v) is 4.79. The summed E-state index contributed by atoms with van der Waals surface area (Å²) < 4.78 is 1.03. The minimum absolute atomic E-state index is 0.0319. The third-order valence-electron chi connectivity index (χ3n) is 1.94. The summed E-state index contributed by atoms with van der Waals surface area (Å²) in [7, 11) is 0. The second-order valence-electron chi connectivity index (χ2n) is 2.90. The molecule has 0 spiro atoms. The summed E-state index contributed by atoms with van der Waals surface area (Å²) in [5.41, 5.74) is 6.61. The zero-order valence-electron chi connectivity index (χ0n) is 6.90. The van der Waals surface area contributed by atoms with Crippen LogP contribution in [-0.2, 0) is 4.84 Å². The van der Waals surface area contributed by atoms with Gasteiger partial charge in [-0.1, -0.05) is 39.3 Å². The van der Waals surface area contributed by atoms with Crippen molar-refractivity contribution in [2.24, 2.45) is 10.9 Å². The monoisotopic (exact) mass is 240 g/mol. The van der Waals surface area contributed by atoms with E-state index in [4.69, 9.17) is 10.6 Å². The number of oxime groups is 1. The number of nitrogens with zero attached hydrogens (tertiary/aromatic N) is 1. The van der Waals surface area contributed by atoms with Crippen LogP contribution >= 0.6 is 15.9 Å². The Kier molecular flexibility index (Phi) is 2.22. The second kappa shape index (κ2) is 3.38. The van der Waals surface area contributed by atoms with Crippen molar-refractivity contribution in [2.45, 2.75) is 12.5 Å². The third-order valence-corrected chi connectivity index (χ3v) is 2.67. The molecule has 0 amide bonds. The van der Waals surface area contributed by atoms with E-state index in [2.05, 4.69) is 21.1 Å². The van der Waals surface area contributed by atoms with Crippen molar-refractivity contribution in [3.63, 3.8) is 0 Å². The van der Waals surface area contributed by atoms with Crippen molar-refractivity contribution in [1.82, 2.24) is 0 Å². The van der Waals surface area contributed by atoms with Crippen LogP contribution in [0.3, 0.4) is 0 Å². The van der Waals surface area contributed by atoms with Gasteiger partial charge in [-0.25, -0.2) is 0 Å². The molecule has 1 atom stereocenters. The van der Waals surface area contributed by atoms with E-state index < -0.39 is 0 Å². The standard InChI is InChI=1S/C9H9BrN2O/c10-7-4-2-1-3-6(7)8-5-9(11)12-13-8/h1-4,8H,5H2,(H2,11,12). The van der Waals surface area contributed by atoms with E-state index in [9.17, 15) is 0 Å². The van der Waals surface area contributed by atoms with Gasteiger partial charge < -0.3 is 10.6 Å². The van der Waals surface area contributed by atoms with Gasteiger partial charge in [0.1, 0.15) is 5.84 Å². The summed E-state index contributed by atoms with van der Waals surface area (Å²) in [6.07, 6.45) is 0.637. The summed E-state index contributed by atoms with van der Waals surface area (Å²) in [6.45, 7) is 0. The predicted octanol–water partition coefficient (Wildman–Crippen LogP) is 2.18. The Balaban J connectivity index is 2.23. The molecule has 4 heteroatoms. The minimum Gasteiger partial charge on any atom is -0.386 e. The zero-order valence-corrected chi connectivity index (χ0v) is 8.49. The molecule has 0 bridgehead atoms. The maximum absolute atomic E-state index is 5.52. The molecule has 68 valence electrons. The van der Waals surface area contributed by atoms with E-state index in [1.165, 1.54) is 0 Å². The molecule has 13 heavy (non-hydrogen) atoms. The molecule has 1 aromatic rings. The number of hydrogen-bond donors (Lipinski definition) is 1. The summed E-state index contributed by atoms with van der Waals surface area (Å²) in [5, 5.41) is 3.71. The number of hydrogen-bond acceptors (Lipinski definition) is 3. The van der Waals surface area contributed by atoms with Crippen LogP contribution in [0, 0.1) is 0 Å². The van der Waals surface area contributed by atoms with Crippen LogP contribution in [0.5, 0.6) is 0 Å². The summed E-state index contributed by atoms with van der Waals surface area (Å²) >= 11 is 3.45. The normalized spacial score (nSPS) is 21.0. The van der Waals surface area contributed by atoms with Gasteiger partial charge in [-0.05, 0) is 6.07 Å². The highest BCUT2D eigenvalue weighted by atomic mass is 79.9. The average molecular weight is 241 g/mol. The number of benzene rings is 1. The van der Waals surface area contributed by atoms with Gasteiger partial charge in [0.05, 0.1) is 6.42 Å². The fourth-order valence-corrected chi connectivity index (χ4v) is 1.84. The Hall–Kier alpha value is -1.03. The molecule has 1 aliphatic rings. The van der Waals surface area contributed by atoms with Gasteiger partial charge >= 0.3 is 0 Å². The van der Waals surface area contributed by atoms with E-state index in [-0.39, 0.29) is 6.10 Å². The Morgan fingerprint density at radius 1 is 1.46 bits per heavy atom. The van der Waals surface area contributed by atoms with Crippen LogP contribution in [0.2, 0.25) is 0 Å². The number of nitrogens with two attached hydrogens (primary N) is 1. The first kappa shape index (κ1) is 8.56. The van der Waals surface area contributed by atoms with Gasteiger partial charge in [0.25, 0.3) is 0 Å². The molecule has 1 heterocycles. The third kappa shape index (κ3) is 1.67. The van der Waals surface area contributed by atoms with Crippen LogP contribution in [0.25, 0.3) is 0 Å². The molecular formula is C9H9BrN2O. The lowest BCUT2D eigenvalue weighted by Crippen LogP contribution is -2.09. The van der Waals surface area contributed by atoms with E-state index in [1.54, 1.807) is 0 Å². The minimum atomic E-state index is -0.0319. The highest BCUT2D eigenvalue weighted by molar-refractivity contribution is 9.10. The molecule has 1 aromatic carbocycles. The Bertz CT molecular complexity index is 351. The number of rotatable bonds is 1. The van der Waals surface area contributed by atoms with Gasteiger partial charge in [0, 0.05) is 10.0 Å². The molecule has 1 unspecified atom stereocenters. The first-order chi connectivity index (χ1) is 6.27. The Labute approximate surface area is 84.7 Å². The van der Waals surface area contributed by atoms with E-state index in [1.807, 2.05) is 24.3 Å². The lowest BCUT2D eigenvalue weighted by atomic mass is 10.1. The smallest absolute Gasteiger partial charge is 0.160 e. The lowest BCUT2D eigenvalue weighted by molar-refractivity contribution is 0.0852. The first-order valence-electron chi connectivity index (χ1n) is 4.00. The molecule has 0 radical (unpaired) electrons. The molecule has 2 N–H and O–H groups in total. The lowest BCUT2D eigenvalue weighted by Gasteiger charge is -2.09. The number of amidine groups is 1. The van der Waals surface area contributed by atoms with Crippen molar-refractivity contribution < 1.29 is 4.84 Å². The fraction of sp³-hybridized carbons (Fsp3) is 0.222. The molecule has 0 saturated heterocycles. The van der Waals surface area contributed by atoms with Crippen LogP contribution in [0.1, 0.15) is 18.1 Å². The molecule has 3 nitrogen and oxygen atoms in total. The summed E-state index contributed by atoms with van der Waals surface area (Å²) in [5.74, 6) is 0.556. The van der Waals surface area contributed by atoms with Crippen LogP contribution in [-0.4, -0.2) is 5.84 Å². The zero-order chi connectivity index (χ0) is 9.26. The predicted molar refractivity (Wildman–Crippen MR) is 54.2 cm³/mol. The number of halogens is 1. The maximum Gasteiger partial charge on any atom is 0.160 e. The molecule has 1 aliphatic heterocycles. The van der Waals surface area contributed by atoms with Crippen molar-refractivity contribution in [2.75, 3.05) is 0 Å². The quantitative estimate of drug-likeness (QED) is 0.819. The SMILES string of the molecule is NC1=NOC(c2ccccc2Br)C1. The fourth-order valence-electron chi connectivity index (χ4n) is 1.30. The molecule has 0 aliphatic carbocycles. The van der Waals surface area contributed by atoms with Crippen molar-refractivity contribution in [1.29, 1.82) is 0 Å². The molecule has 0 saturated carbocycles. The Morgan fingerprint density at radius 3 is 2.85 bits per heavy atom. The highest BCUT2D eigenvalue weighted by Crippen LogP contribution is 2.31. The molecule has 2 rings (SSSR count). The van der Waals surface area contributed by atoms with Gasteiger partial charge in [0.15, 0.2) is 6.10 Å². The highest BCUT2D eigenvalue weighted by Gasteiger charge is 2.22. The van der Waals surface area contributed by atoms with E-state index in [0.717, 1.165) is 10.0 Å². The second-order valence-corrected chi connectivity index (χ2v) is 3.76. The topological polar surface area (TPSA) is 47.6 Å². The van der Waals surface area contributed by atoms with Crippen molar-refractivity contribution in [3.05, 3.63) is 34.3 Å². The van der Waals surface area contributed by atoms with Crippen LogP contribution in [0.15, 0.2) is 33.9 Å². The molecule has 0 aromatic heterocycles.